The normalized spacial score (nSPS) is 19.6. The fourth-order valence-corrected chi connectivity index (χ4v) is 4.88. The van der Waals surface area contributed by atoms with Crippen LogP contribution in [0.4, 0.5) is 4.39 Å². The van der Waals surface area contributed by atoms with Crippen LogP contribution in [0.2, 0.25) is 0 Å². The van der Waals surface area contributed by atoms with E-state index in [1.165, 1.54) is 12.2 Å². The van der Waals surface area contributed by atoms with Crippen molar-refractivity contribution in [2.24, 2.45) is 5.16 Å². The second-order valence-corrected chi connectivity index (χ2v) is 9.53. The van der Waals surface area contributed by atoms with Gasteiger partial charge in [0, 0.05) is 24.8 Å². The van der Waals surface area contributed by atoms with Gasteiger partial charge in [0.05, 0.1) is 22.7 Å². The molecule has 1 aromatic heterocycles. The summed E-state index contributed by atoms with van der Waals surface area (Å²) in [6, 6.07) is 14.2. The number of aliphatic carboxylic acids is 1. The summed E-state index contributed by atoms with van der Waals surface area (Å²) in [4.78, 5) is 34.9. The number of aromatic nitrogens is 2. The predicted molar refractivity (Wildman–Crippen MR) is 141 cm³/mol. The minimum Gasteiger partial charge on any atom is -0.481 e. The fraction of sp³-hybridized carbons (Fsp3) is 0.310. The number of allylic oxidation sites excluding steroid dienone is 4. The van der Waals surface area contributed by atoms with Crippen molar-refractivity contribution in [2.75, 3.05) is 0 Å². The van der Waals surface area contributed by atoms with Gasteiger partial charge in [-0.25, -0.2) is 9.37 Å². The van der Waals surface area contributed by atoms with E-state index in [0.717, 1.165) is 11.1 Å². The SMILES string of the molecule is O=C(O)CCCCc1nc2cc(C3=NOC([C@@H](O)c4ccccc4)C3)ccc2c(=O)n1C1C=CC(F)=CC1. The van der Waals surface area contributed by atoms with Gasteiger partial charge in [-0.05, 0) is 49.1 Å². The van der Waals surface area contributed by atoms with Crippen molar-refractivity contribution in [1.29, 1.82) is 0 Å². The largest absolute Gasteiger partial charge is 0.481 e. The van der Waals surface area contributed by atoms with E-state index < -0.39 is 18.2 Å². The molecule has 0 fully saturated rings. The molecule has 2 aliphatic rings. The minimum atomic E-state index is -0.871. The molecule has 3 aromatic rings. The average molecular weight is 518 g/mol. The maximum absolute atomic E-state index is 13.6. The van der Waals surface area contributed by atoms with E-state index >= 15 is 0 Å². The van der Waals surface area contributed by atoms with Gasteiger partial charge in [0.2, 0.25) is 0 Å². The lowest BCUT2D eigenvalue weighted by Crippen LogP contribution is -2.29. The van der Waals surface area contributed by atoms with Crippen molar-refractivity contribution < 1.29 is 24.2 Å². The number of rotatable bonds is 9. The number of benzene rings is 2. The number of nitrogens with zero attached hydrogens (tertiary/aromatic N) is 3. The van der Waals surface area contributed by atoms with Crippen LogP contribution in [-0.2, 0) is 16.1 Å². The third kappa shape index (κ3) is 5.43. The van der Waals surface area contributed by atoms with Gasteiger partial charge in [-0.1, -0.05) is 47.6 Å². The molecule has 9 heteroatoms. The second kappa shape index (κ2) is 11.1. The van der Waals surface area contributed by atoms with Gasteiger partial charge in [0.25, 0.3) is 5.56 Å². The molecule has 2 unspecified atom stereocenters. The molecule has 3 atom stereocenters. The third-order valence-electron chi connectivity index (χ3n) is 6.90. The van der Waals surface area contributed by atoms with E-state index in [1.54, 1.807) is 28.8 Å². The molecule has 0 spiro atoms. The Morgan fingerprint density at radius 2 is 2.00 bits per heavy atom. The number of aliphatic hydroxyl groups is 1. The molecule has 0 amide bonds. The lowest BCUT2D eigenvalue weighted by molar-refractivity contribution is -0.137. The van der Waals surface area contributed by atoms with Crippen LogP contribution in [0.3, 0.4) is 0 Å². The number of unbranched alkanes of at least 4 members (excludes halogenated alkanes) is 1. The fourth-order valence-electron chi connectivity index (χ4n) is 4.88. The van der Waals surface area contributed by atoms with E-state index in [2.05, 4.69) is 5.16 Å². The Morgan fingerprint density at radius 1 is 1.18 bits per heavy atom. The van der Waals surface area contributed by atoms with Gasteiger partial charge in [-0.15, -0.1) is 0 Å². The van der Waals surface area contributed by atoms with E-state index in [1.807, 2.05) is 30.3 Å². The van der Waals surface area contributed by atoms with Crippen molar-refractivity contribution in [3.63, 3.8) is 0 Å². The molecular weight excluding hydrogens is 489 g/mol. The topological polar surface area (TPSA) is 114 Å². The summed E-state index contributed by atoms with van der Waals surface area (Å²) >= 11 is 0. The molecule has 2 aromatic carbocycles. The van der Waals surface area contributed by atoms with Crippen molar-refractivity contribution >= 4 is 22.6 Å². The quantitative estimate of drug-likeness (QED) is 0.395. The van der Waals surface area contributed by atoms with Crippen LogP contribution in [0, 0.1) is 0 Å². The molecule has 1 aliphatic heterocycles. The predicted octanol–water partition coefficient (Wildman–Crippen LogP) is 4.77. The van der Waals surface area contributed by atoms with Crippen LogP contribution in [-0.4, -0.2) is 37.5 Å². The smallest absolute Gasteiger partial charge is 0.303 e. The zero-order valence-electron chi connectivity index (χ0n) is 20.7. The summed E-state index contributed by atoms with van der Waals surface area (Å²) in [6.45, 7) is 0. The molecule has 2 N–H and O–H groups in total. The number of carboxylic acid groups (broad SMARTS) is 1. The zero-order valence-corrected chi connectivity index (χ0v) is 20.7. The third-order valence-corrected chi connectivity index (χ3v) is 6.90. The second-order valence-electron chi connectivity index (χ2n) is 9.53. The Hall–Kier alpha value is -4.11. The highest BCUT2D eigenvalue weighted by Crippen LogP contribution is 2.29. The number of aryl methyl sites for hydroxylation is 1. The van der Waals surface area contributed by atoms with Crippen LogP contribution in [0.5, 0.6) is 0 Å². The van der Waals surface area contributed by atoms with E-state index in [-0.39, 0.29) is 23.8 Å². The van der Waals surface area contributed by atoms with E-state index in [0.29, 0.717) is 54.5 Å². The number of fused-ring (bicyclic) bond motifs is 1. The lowest BCUT2D eigenvalue weighted by atomic mass is 9.97. The van der Waals surface area contributed by atoms with Crippen molar-refractivity contribution in [3.05, 3.63) is 99.9 Å². The Bertz CT molecular complexity index is 1500. The Labute approximate surface area is 218 Å². The first-order chi connectivity index (χ1) is 18.4. The highest BCUT2D eigenvalue weighted by molar-refractivity contribution is 6.03. The molecule has 0 saturated carbocycles. The summed E-state index contributed by atoms with van der Waals surface area (Å²) in [5.74, 6) is -0.687. The monoisotopic (exact) mass is 517 g/mol. The number of carboxylic acids is 1. The lowest BCUT2D eigenvalue weighted by Gasteiger charge is -2.21. The Kier molecular flexibility index (Phi) is 7.46. The first kappa shape index (κ1) is 25.5. The molecule has 0 radical (unpaired) electrons. The molecule has 2 heterocycles. The molecule has 8 nitrogen and oxygen atoms in total. The Morgan fingerprint density at radius 3 is 2.74 bits per heavy atom. The van der Waals surface area contributed by atoms with Gasteiger partial charge in [-0.3, -0.25) is 14.2 Å². The molecule has 0 saturated heterocycles. The number of carbonyl (C=O) groups is 1. The van der Waals surface area contributed by atoms with Crippen LogP contribution in [0.1, 0.15) is 61.2 Å². The Balaban J connectivity index is 1.43. The van der Waals surface area contributed by atoms with E-state index in [9.17, 15) is 19.1 Å². The number of hydrogen-bond acceptors (Lipinski definition) is 6. The standard InChI is InChI=1S/C29H28FN3O5/c30-20-11-13-21(14-12-20)33-26(8-4-5-9-27(34)35)31-24-16-19(10-15-22(24)29(33)37)23-17-25(38-32-23)28(36)18-6-2-1-3-7-18/h1-3,6-7,10-13,15-16,21,25,28,36H,4-5,8-9,14,17H2,(H,34,35)/t21?,25?,28-/m0/s1. The van der Waals surface area contributed by atoms with Gasteiger partial charge < -0.3 is 15.1 Å². The maximum atomic E-state index is 13.6. The first-order valence-corrected chi connectivity index (χ1v) is 12.7. The van der Waals surface area contributed by atoms with E-state index in [4.69, 9.17) is 14.9 Å². The number of oxime groups is 1. The van der Waals surface area contributed by atoms with Crippen molar-refractivity contribution in [3.8, 4) is 0 Å². The molecular formula is C29H28FN3O5. The number of hydrogen-bond donors (Lipinski definition) is 2. The average Bonchev–Trinajstić information content (AvgIpc) is 3.42. The van der Waals surface area contributed by atoms with Crippen LogP contribution in [0.25, 0.3) is 10.9 Å². The van der Waals surface area contributed by atoms with Gasteiger partial charge in [0.15, 0.2) is 6.10 Å². The molecule has 38 heavy (non-hydrogen) atoms. The highest BCUT2D eigenvalue weighted by Gasteiger charge is 2.30. The maximum Gasteiger partial charge on any atom is 0.303 e. The number of halogens is 1. The summed E-state index contributed by atoms with van der Waals surface area (Å²) in [5.41, 5.74) is 2.39. The summed E-state index contributed by atoms with van der Waals surface area (Å²) in [6.07, 6.45) is 5.26. The molecule has 1 aliphatic carbocycles. The van der Waals surface area contributed by atoms with Gasteiger partial charge >= 0.3 is 5.97 Å². The number of aliphatic hydroxyl groups excluding tert-OH is 1. The molecule has 5 rings (SSSR count). The van der Waals surface area contributed by atoms with Crippen LogP contribution < -0.4 is 5.56 Å². The van der Waals surface area contributed by atoms with Crippen molar-refractivity contribution in [1.82, 2.24) is 9.55 Å². The minimum absolute atomic E-state index is 0.0368. The molecule has 0 bridgehead atoms. The first-order valence-electron chi connectivity index (χ1n) is 12.7. The van der Waals surface area contributed by atoms with Crippen LogP contribution >= 0.6 is 0 Å². The van der Waals surface area contributed by atoms with Crippen molar-refractivity contribution in [2.45, 2.75) is 56.8 Å². The summed E-state index contributed by atoms with van der Waals surface area (Å²) in [5, 5.41) is 24.3. The summed E-state index contributed by atoms with van der Waals surface area (Å²) < 4.78 is 15.2. The van der Waals surface area contributed by atoms with Gasteiger partial charge in [-0.2, -0.15) is 0 Å². The van der Waals surface area contributed by atoms with Crippen LogP contribution in [0.15, 0.2) is 82.5 Å². The zero-order chi connectivity index (χ0) is 26.6. The molecule has 196 valence electrons. The summed E-state index contributed by atoms with van der Waals surface area (Å²) in [7, 11) is 0. The van der Waals surface area contributed by atoms with Gasteiger partial charge in [0.1, 0.15) is 17.8 Å². The highest BCUT2D eigenvalue weighted by atomic mass is 19.1.